The van der Waals surface area contributed by atoms with Crippen LogP contribution in [0.1, 0.15) is 36.6 Å². The van der Waals surface area contributed by atoms with E-state index < -0.39 is 17.7 Å². The number of carbonyl (C=O) groups excluding carboxylic acids is 3. The fourth-order valence-corrected chi connectivity index (χ4v) is 3.62. The number of hydrogen-bond acceptors (Lipinski definition) is 7. The molecule has 0 saturated carbocycles. The van der Waals surface area contributed by atoms with Crippen molar-refractivity contribution in [2.45, 2.75) is 6.54 Å². The third kappa shape index (κ3) is 4.08. The quantitative estimate of drug-likeness (QED) is 0.555. The van der Waals surface area contributed by atoms with Gasteiger partial charge in [-0.25, -0.2) is 4.98 Å². The summed E-state index contributed by atoms with van der Waals surface area (Å²) in [5, 5.41) is 2.75. The molecule has 1 N–H and O–H groups in total. The Bertz CT molecular complexity index is 1200. The van der Waals surface area contributed by atoms with Crippen LogP contribution in [0.2, 0.25) is 0 Å². The van der Waals surface area contributed by atoms with Gasteiger partial charge in [-0.2, -0.15) is 0 Å². The van der Waals surface area contributed by atoms with Crippen molar-refractivity contribution < 1.29 is 28.6 Å². The van der Waals surface area contributed by atoms with Crippen LogP contribution >= 0.6 is 0 Å². The number of amides is 3. The van der Waals surface area contributed by atoms with Gasteiger partial charge in [0, 0.05) is 17.2 Å². The lowest BCUT2D eigenvalue weighted by Crippen LogP contribution is -2.29. The molecule has 0 aliphatic carbocycles. The Morgan fingerprint density at radius 1 is 0.939 bits per heavy atom. The summed E-state index contributed by atoms with van der Waals surface area (Å²) >= 11 is 0. The summed E-state index contributed by atoms with van der Waals surface area (Å²) in [6.07, 6.45) is 1.47. The van der Waals surface area contributed by atoms with Gasteiger partial charge < -0.3 is 19.5 Å². The van der Waals surface area contributed by atoms with Gasteiger partial charge in [0.1, 0.15) is 0 Å². The first-order valence-corrected chi connectivity index (χ1v) is 9.98. The van der Waals surface area contributed by atoms with Crippen molar-refractivity contribution in [1.82, 2.24) is 9.88 Å². The Hall–Kier alpha value is -4.40. The molecule has 0 unspecified atom stereocenters. The van der Waals surface area contributed by atoms with E-state index in [4.69, 9.17) is 14.2 Å². The number of rotatable bonds is 7. The Kier molecular flexibility index (Phi) is 5.95. The first kappa shape index (κ1) is 21.8. The third-order valence-corrected chi connectivity index (χ3v) is 5.23. The van der Waals surface area contributed by atoms with E-state index in [9.17, 15) is 14.4 Å². The molecule has 2 heterocycles. The molecule has 0 spiro atoms. The standard InChI is InChI=1S/C24H21N3O6/c1-31-19-11-14(22(28)26-16-8-9-20(32-2)25-12-16)10-15(21(19)33-3)13-27-23(29)17-6-4-5-7-18(17)24(27)30/h4-12H,13H2,1-3H3,(H,26,28). The van der Waals surface area contributed by atoms with Crippen LogP contribution < -0.4 is 19.5 Å². The van der Waals surface area contributed by atoms with E-state index in [1.54, 1.807) is 42.5 Å². The number of fused-ring (bicyclic) bond motifs is 1. The molecule has 9 nitrogen and oxygen atoms in total. The Morgan fingerprint density at radius 2 is 1.64 bits per heavy atom. The number of nitrogens with zero attached hydrogens (tertiary/aromatic N) is 2. The van der Waals surface area contributed by atoms with Gasteiger partial charge in [-0.05, 0) is 30.3 Å². The topological polar surface area (TPSA) is 107 Å². The molecule has 1 aromatic heterocycles. The highest BCUT2D eigenvalue weighted by Gasteiger charge is 2.36. The Labute approximate surface area is 189 Å². The smallest absolute Gasteiger partial charge is 0.261 e. The van der Waals surface area contributed by atoms with Crippen LogP contribution in [0.3, 0.4) is 0 Å². The summed E-state index contributed by atoms with van der Waals surface area (Å²) < 4.78 is 15.9. The number of carbonyl (C=O) groups is 3. The van der Waals surface area contributed by atoms with Crippen molar-refractivity contribution in [2.75, 3.05) is 26.6 Å². The minimum atomic E-state index is -0.425. The van der Waals surface area contributed by atoms with Crippen LogP contribution in [0.15, 0.2) is 54.7 Å². The van der Waals surface area contributed by atoms with Crippen LogP contribution in [-0.2, 0) is 6.54 Å². The summed E-state index contributed by atoms with van der Waals surface area (Å²) in [6.45, 7) is -0.0862. The molecule has 168 valence electrons. The zero-order chi connectivity index (χ0) is 23.5. The number of benzene rings is 2. The summed E-state index contributed by atoms with van der Waals surface area (Å²) in [4.78, 5) is 43.7. The van der Waals surface area contributed by atoms with Crippen LogP contribution in [-0.4, -0.2) is 48.9 Å². The number of methoxy groups -OCH3 is 3. The van der Waals surface area contributed by atoms with Crippen molar-refractivity contribution in [3.05, 3.63) is 77.0 Å². The van der Waals surface area contributed by atoms with E-state index in [1.807, 2.05) is 0 Å². The van der Waals surface area contributed by atoms with Gasteiger partial charge in [0.25, 0.3) is 17.7 Å². The number of pyridine rings is 1. The summed E-state index contributed by atoms with van der Waals surface area (Å²) in [6, 6.07) is 13.0. The Balaban J connectivity index is 1.65. The number of aromatic nitrogens is 1. The van der Waals surface area contributed by atoms with E-state index in [1.165, 1.54) is 33.6 Å². The molecule has 0 atom stereocenters. The summed E-state index contributed by atoms with van der Waals surface area (Å²) in [7, 11) is 4.39. The average molecular weight is 447 g/mol. The zero-order valence-electron chi connectivity index (χ0n) is 18.2. The fraction of sp³-hybridized carbons (Fsp3) is 0.167. The second kappa shape index (κ2) is 8.99. The number of hydrogen-bond donors (Lipinski definition) is 1. The van der Waals surface area contributed by atoms with Crippen molar-refractivity contribution in [3.8, 4) is 17.4 Å². The predicted octanol–water partition coefficient (Wildman–Crippen LogP) is 3.16. The number of imide groups is 1. The molecule has 0 bridgehead atoms. The fourth-order valence-electron chi connectivity index (χ4n) is 3.62. The van der Waals surface area contributed by atoms with Crippen molar-refractivity contribution in [1.29, 1.82) is 0 Å². The lowest BCUT2D eigenvalue weighted by atomic mass is 10.1. The number of anilines is 1. The highest BCUT2D eigenvalue weighted by molar-refractivity contribution is 6.21. The summed E-state index contributed by atoms with van der Waals surface area (Å²) in [5.74, 6) is -0.193. The maximum absolute atomic E-state index is 12.9. The summed E-state index contributed by atoms with van der Waals surface area (Å²) in [5.41, 5.74) is 1.86. The number of ether oxygens (including phenoxy) is 3. The predicted molar refractivity (Wildman–Crippen MR) is 119 cm³/mol. The molecule has 0 fully saturated rings. The molecule has 3 aromatic rings. The zero-order valence-corrected chi connectivity index (χ0v) is 18.2. The van der Waals surface area contributed by atoms with Gasteiger partial charge in [-0.3, -0.25) is 19.3 Å². The molecule has 33 heavy (non-hydrogen) atoms. The largest absolute Gasteiger partial charge is 0.493 e. The molecule has 1 aliphatic rings. The highest BCUT2D eigenvalue weighted by atomic mass is 16.5. The maximum Gasteiger partial charge on any atom is 0.261 e. The van der Waals surface area contributed by atoms with Crippen LogP contribution in [0.5, 0.6) is 17.4 Å². The highest BCUT2D eigenvalue weighted by Crippen LogP contribution is 2.35. The van der Waals surface area contributed by atoms with Gasteiger partial charge in [0.15, 0.2) is 11.5 Å². The molecule has 4 rings (SSSR count). The van der Waals surface area contributed by atoms with E-state index >= 15 is 0 Å². The SMILES string of the molecule is COc1ccc(NC(=O)c2cc(CN3C(=O)c4ccccc4C3=O)c(OC)c(OC)c2)cn1. The van der Waals surface area contributed by atoms with Gasteiger partial charge in [0.05, 0.1) is 50.9 Å². The van der Waals surface area contributed by atoms with Gasteiger partial charge in [0.2, 0.25) is 5.88 Å². The van der Waals surface area contributed by atoms with Gasteiger partial charge in [-0.15, -0.1) is 0 Å². The second-order valence-electron chi connectivity index (χ2n) is 7.16. The number of nitrogens with one attached hydrogen (secondary N) is 1. The normalized spacial score (nSPS) is 12.4. The van der Waals surface area contributed by atoms with E-state index in [0.29, 0.717) is 39.8 Å². The second-order valence-corrected chi connectivity index (χ2v) is 7.16. The van der Waals surface area contributed by atoms with Gasteiger partial charge >= 0.3 is 0 Å². The average Bonchev–Trinajstić information content (AvgIpc) is 3.08. The van der Waals surface area contributed by atoms with Gasteiger partial charge in [-0.1, -0.05) is 12.1 Å². The molecule has 9 heteroatoms. The van der Waals surface area contributed by atoms with Crippen molar-refractivity contribution in [2.24, 2.45) is 0 Å². The maximum atomic E-state index is 12.9. The molecular weight excluding hydrogens is 426 g/mol. The lowest BCUT2D eigenvalue weighted by molar-refractivity contribution is 0.0641. The minimum Gasteiger partial charge on any atom is -0.493 e. The molecule has 0 saturated heterocycles. The minimum absolute atomic E-state index is 0.0862. The van der Waals surface area contributed by atoms with E-state index in [0.717, 1.165) is 4.90 Å². The molecular formula is C24H21N3O6. The van der Waals surface area contributed by atoms with Crippen molar-refractivity contribution in [3.63, 3.8) is 0 Å². The lowest BCUT2D eigenvalue weighted by Gasteiger charge is -2.19. The van der Waals surface area contributed by atoms with E-state index in [-0.39, 0.29) is 12.1 Å². The van der Waals surface area contributed by atoms with Crippen LogP contribution in [0.25, 0.3) is 0 Å². The first-order valence-electron chi connectivity index (χ1n) is 9.98. The molecule has 1 aliphatic heterocycles. The monoisotopic (exact) mass is 447 g/mol. The van der Waals surface area contributed by atoms with Crippen LogP contribution in [0.4, 0.5) is 5.69 Å². The molecule has 2 aromatic carbocycles. The first-order chi connectivity index (χ1) is 16.0. The third-order valence-electron chi connectivity index (χ3n) is 5.23. The Morgan fingerprint density at radius 3 is 2.18 bits per heavy atom. The van der Waals surface area contributed by atoms with Crippen molar-refractivity contribution >= 4 is 23.4 Å². The van der Waals surface area contributed by atoms with Crippen LogP contribution in [0, 0.1) is 0 Å². The van der Waals surface area contributed by atoms with E-state index in [2.05, 4.69) is 10.3 Å². The molecule has 3 amide bonds. The molecule has 0 radical (unpaired) electrons.